The number of carbonyl (C=O) groups is 1. The average Bonchev–Trinajstić information content (AvgIpc) is 2.18. The van der Waals surface area contributed by atoms with Crippen molar-refractivity contribution in [3.05, 3.63) is 24.0 Å². The van der Waals surface area contributed by atoms with E-state index >= 15 is 0 Å². The van der Waals surface area contributed by atoms with Crippen molar-refractivity contribution in [2.45, 2.75) is 17.1 Å². The first-order chi connectivity index (χ1) is 6.65. The van der Waals surface area contributed by atoms with Gasteiger partial charge in [0, 0.05) is 16.3 Å². The Labute approximate surface area is 86.0 Å². The number of nitrogens with zero attached hydrogens (tertiary/aromatic N) is 1. The second-order valence-corrected chi connectivity index (χ2v) is 4.25. The zero-order chi connectivity index (χ0) is 10.6. The highest BCUT2D eigenvalue weighted by molar-refractivity contribution is 8.00. The third-order valence-electron chi connectivity index (χ3n) is 1.56. The number of pyridine rings is 1. The number of hydrogen-bond acceptors (Lipinski definition) is 4. The second-order valence-electron chi connectivity index (χ2n) is 2.77. The van der Waals surface area contributed by atoms with Crippen molar-refractivity contribution in [2.75, 3.05) is 6.61 Å². The van der Waals surface area contributed by atoms with Crippen LogP contribution in [0.3, 0.4) is 0 Å². The number of carboxylic acid groups (broad SMARTS) is 1. The number of thioether (sulfide) groups is 1. The molecule has 0 aliphatic carbocycles. The first-order valence-corrected chi connectivity index (χ1v) is 4.99. The van der Waals surface area contributed by atoms with E-state index in [1.165, 1.54) is 18.0 Å². The van der Waals surface area contributed by atoms with Gasteiger partial charge in [-0.05, 0) is 12.1 Å². The SMILES string of the molecule is CC(CO)Sc1cccnc1C(=O)O. The maximum absolute atomic E-state index is 10.8. The summed E-state index contributed by atoms with van der Waals surface area (Å²) in [6, 6.07) is 3.37. The molecule has 0 saturated heterocycles. The predicted octanol–water partition coefficient (Wildman–Crippen LogP) is 1.25. The second kappa shape index (κ2) is 4.97. The maximum atomic E-state index is 10.8. The van der Waals surface area contributed by atoms with Gasteiger partial charge in [-0.3, -0.25) is 0 Å². The van der Waals surface area contributed by atoms with Crippen LogP contribution in [0.1, 0.15) is 17.4 Å². The maximum Gasteiger partial charge on any atom is 0.355 e. The van der Waals surface area contributed by atoms with Crippen LogP contribution >= 0.6 is 11.8 Å². The van der Waals surface area contributed by atoms with Crippen LogP contribution < -0.4 is 0 Å². The Morgan fingerprint density at radius 2 is 2.43 bits per heavy atom. The van der Waals surface area contributed by atoms with Gasteiger partial charge >= 0.3 is 5.97 Å². The van der Waals surface area contributed by atoms with Gasteiger partial charge < -0.3 is 10.2 Å². The van der Waals surface area contributed by atoms with Gasteiger partial charge in [0.25, 0.3) is 0 Å². The van der Waals surface area contributed by atoms with E-state index in [1.54, 1.807) is 12.1 Å². The minimum atomic E-state index is -1.04. The molecule has 0 bridgehead atoms. The Hall–Kier alpha value is -1.07. The monoisotopic (exact) mass is 213 g/mol. The number of aliphatic hydroxyl groups is 1. The molecule has 2 N–H and O–H groups in total. The molecule has 0 aromatic carbocycles. The number of hydrogen-bond donors (Lipinski definition) is 2. The lowest BCUT2D eigenvalue weighted by atomic mass is 10.3. The number of aromatic nitrogens is 1. The van der Waals surface area contributed by atoms with Crippen molar-refractivity contribution >= 4 is 17.7 Å². The van der Waals surface area contributed by atoms with Crippen molar-refractivity contribution in [1.29, 1.82) is 0 Å². The molecule has 1 heterocycles. The Morgan fingerprint density at radius 3 is 3.00 bits per heavy atom. The summed E-state index contributed by atoms with van der Waals surface area (Å²) in [7, 11) is 0. The summed E-state index contributed by atoms with van der Waals surface area (Å²) in [6.07, 6.45) is 1.44. The van der Waals surface area contributed by atoms with E-state index in [0.717, 1.165) is 0 Å². The van der Waals surface area contributed by atoms with Gasteiger partial charge in [-0.25, -0.2) is 9.78 Å². The van der Waals surface area contributed by atoms with Gasteiger partial charge in [0.15, 0.2) is 5.69 Å². The highest BCUT2D eigenvalue weighted by Gasteiger charge is 2.13. The van der Waals surface area contributed by atoms with Crippen LogP contribution in [-0.2, 0) is 0 Å². The third-order valence-corrected chi connectivity index (χ3v) is 2.69. The molecular weight excluding hydrogens is 202 g/mol. The Morgan fingerprint density at radius 1 is 1.71 bits per heavy atom. The van der Waals surface area contributed by atoms with Crippen LogP contribution in [0, 0.1) is 0 Å². The van der Waals surface area contributed by atoms with Gasteiger partial charge in [-0.15, -0.1) is 11.8 Å². The lowest BCUT2D eigenvalue weighted by Crippen LogP contribution is -2.06. The molecule has 4 nitrogen and oxygen atoms in total. The molecule has 1 aromatic heterocycles. The van der Waals surface area contributed by atoms with Crippen LogP contribution in [-0.4, -0.2) is 33.0 Å². The predicted molar refractivity (Wildman–Crippen MR) is 53.6 cm³/mol. The van der Waals surface area contributed by atoms with Gasteiger partial charge in [0.2, 0.25) is 0 Å². The number of aromatic carboxylic acids is 1. The van der Waals surface area contributed by atoms with Crippen molar-refractivity contribution in [2.24, 2.45) is 0 Å². The largest absolute Gasteiger partial charge is 0.476 e. The number of carboxylic acids is 1. The van der Waals surface area contributed by atoms with E-state index < -0.39 is 5.97 Å². The lowest BCUT2D eigenvalue weighted by molar-refractivity contribution is 0.0686. The summed E-state index contributed by atoms with van der Waals surface area (Å²) in [5, 5.41) is 17.6. The molecule has 1 atom stereocenters. The molecule has 0 aliphatic heterocycles. The fourth-order valence-corrected chi connectivity index (χ4v) is 1.82. The van der Waals surface area contributed by atoms with Gasteiger partial charge in [-0.1, -0.05) is 6.92 Å². The highest BCUT2D eigenvalue weighted by Crippen LogP contribution is 2.25. The van der Waals surface area contributed by atoms with Gasteiger partial charge in [-0.2, -0.15) is 0 Å². The zero-order valence-electron chi connectivity index (χ0n) is 7.67. The van der Waals surface area contributed by atoms with Crippen LogP contribution in [0.15, 0.2) is 23.2 Å². The summed E-state index contributed by atoms with van der Waals surface area (Å²) >= 11 is 1.31. The number of rotatable bonds is 4. The van der Waals surface area contributed by atoms with Crippen molar-refractivity contribution in [3.8, 4) is 0 Å². The Balaban J connectivity index is 2.90. The average molecular weight is 213 g/mol. The van der Waals surface area contributed by atoms with E-state index in [0.29, 0.717) is 4.90 Å². The molecular formula is C9H11NO3S. The summed E-state index contributed by atoms with van der Waals surface area (Å²) in [5.74, 6) is -1.04. The van der Waals surface area contributed by atoms with Crippen LogP contribution in [0.5, 0.6) is 0 Å². The normalized spacial score (nSPS) is 12.4. The molecule has 0 saturated carbocycles. The summed E-state index contributed by atoms with van der Waals surface area (Å²) < 4.78 is 0. The summed E-state index contributed by atoms with van der Waals surface area (Å²) in [4.78, 5) is 15.1. The first kappa shape index (κ1) is 11.0. The molecule has 1 aromatic rings. The molecule has 14 heavy (non-hydrogen) atoms. The molecule has 76 valence electrons. The fraction of sp³-hybridized carbons (Fsp3) is 0.333. The molecule has 5 heteroatoms. The van der Waals surface area contributed by atoms with Crippen LogP contribution in [0.2, 0.25) is 0 Å². The zero-order valence-corrected chi connectivity index (χ0v) is 8.49. The van der Waals surface area contributed by atoms with Gasteiger partial charge in [0.1, 0.15) is 0 Å². The Kier molecular flexibility index (Phi) is 3.91. The molecule has 0 amide bonds. The van der Waals surface area contributed by atoms with Crippen molar-refractivity contribution < 1.29 is 15.0 Å². The quantitative estimate of drug-likeness (QED) is 0.737. The first-order valence-electron chi connectivity index (χ1n) is 4.11. The molecule has 1 unspecified atom stereocenters. The number of aliphatic hydroxyl groups excluding tert-OH is 1. The van der Waals surface area contributed by atoms with E-state index in [9.17, 15) is 4.79 Å². The third kappa shape index (κ3) is 2.71. The van der Waals surface area contributed by atoms with Crippen LogP contribution in [0.4, 0.5) is 0 Å². The molecule has 0 spiro atoms. The molecule has 0 radical (unpaired) electrons. The summed E-state index contributed by atoms with van der Waals surface area (Å²) in [5.41, 5.74) is 0.0396. The Bertz CT molecular complexity index is 330. The van der Waals surface area contributed by atoms with E-state index in [2.05, 4.69) is 4.98 Å². The van der Waals surface area contributed by atoms with E-state index in [4.69, 9.17) is 10.2 Å². The van der Waals surface area contributed by atoms with Crippen molar-refractivity contribution in [3.63, 3.8) is 0 Å². The van der Waals surface area contributed by atoms with Gasteiger partial charge in [0.05, 0.1) is 6.61 Å². The highest BCUT2D eigenvalue weighted by atomic mass is 32.2. The van der Waals surface area contributed by atoms with E-state index in [-0.39, 0.29) is 17.6 Å². The molecule has 1 rings (SSSR count). The molecule has 0 aliphatic rings. The minimum absolute atomic E-state index is 0.0125. The topological polar surface area (TPSA) is 70.4 Å². The fourth-order valence-electron chi connectivity index (χ4n) is 0.900. The molecule has 0 fully saturated rings. The smallest absolute Gasteiger partial charge is 0.355 e. The van der Waals surface area contributed by atoms with E-state index in [1.807, 2.05) is 6.92 Å². The summed E-state index contributed by atoms with van der Waals surface area (Å²) in [6.45, 7) is 1.84. The minimum Gasteiger partial charge on any atom is -0.476 e. The van der Waals surface area contributed by atoms with Crippen LogP contribution in [0.25, 0.3) is 0 Å². The van der Waals surface area contributed by atoms with Crippen molar-refractivity contribution in [1.82, 2.24) is 4.98 Å². The standard InChI is InChI=1S/C9H11NO3S/c1-6(5-11)14-7-3-2-4-10-8(7)9(12)13/h2-4,6,11H,5H2,1H3,(H,12,13). The lowest BCUT2D eigenvalue weighted by Gasteiger charge is -2.08.